The Kier molecular flexibility index (Phi) is 8.29. The first-order chi connectivity index (χ1) is 21.5. The molecule has 1 unspecified atom stereocenters. The van der Waals surface area contributed by atoms with Gasteiger partial charge in [0.2, 0.25) is 5.88 Å². The molecular weight excluding hydrogens is 567 g/mol. The Hall–Kier alpha value is -3.50. The average molecular weight is 607 g/mol. The van der Waals surface area contributed by atoms with Crippen LogP contribution in [0.15, 0.2) is 58.6 Å². The van der Waals surface area contributed by atoms with Crippen molar-refractivity contribution >= 4 is 47.5 Å². The van der Waals surface area contributed by atoms with Crippen LogP contribution in [0.1, 0.15) is 42.4 Å². The van der Waals surface area contributed by atoms with Crippen molar-refractivity contribution < 1.29 is 4.74 Å². The van der Waals surface area contributed by atoms with Gasteiger partial charge in [0.25, 0.3) is 0 Å². The number of benzene rings is 1. The minimum atomic E-state index is 0.0789. The average Bonchev–Trinajstić information content (AvgIpc) is 3.89. The molecule has 2 fully saturated rings. The number of ether oxygens (including phenoxy) is 1. The number of aromatic nitrogens is 3. The van der Waals surface area contributed by atoms with Gasteiger partial charge in [-0.1, -0.05) is 11.5 Å². The number of aryl methyl sites for hydroxylation is 1. The fraction of sp³-hybridized carbons (Fsp3) is 0.441. The van der Waals surface area contributed by atoms with Crippen molar-refractivity contribution in [2.24, 2.45) is 5.92 Å². The van der Waals surface area contributed by atoms with Gasteiger partial charge in [-0.2, -0.15) is 0 Å². The van der Waals surface area contributed by atoms with Crippen LogP contribution in [-0.2, 0) is 19.6 Å². The van der Waals surface area contributed by atoms with Crippen molar-refractivity contribution in [3.63, 3.8) is 0 Å². The molecule has 4 aromatic rings. The second-order valence-corrected chi connectivity index (χ2v) is 13.5. The summed E-state index contributed by atoms with van der Waals surface area (Å²) in [5.74, 6) is 3.32. The van der Waals surface area contributed by atoms with E-state index >= 15 is 0 Å². The van der Waals surface area contributed by atoms with Crippen molar-refractivity contribution in [1.82, 2.24) is 19.4 Å². The summed E-state index contributed by atoms with van der Waals surface area (Å²) >= 11 is 1.80. The van der Waals surface area contributed by atoms with Crippen LogP contribution < -0.4 is 25.8 Å². The first-order valence-corrected chi connectivity index (χ1v) is 16.7. The summed E-state index contributed by atoms with van der Waals surface area (Å²) in [5.41, 5.74) is 5.93. The molecule has 10 heteroatoms. The van der Waals surface area contributed by atoms with Crippen LogP contribution in [0.25, 0.3) is 10.9 Å². The second kappa shape index (κ2) is 12.5. The lowest BCUT2D eigenvalue weighted by Crippen LogP contribution is -2.48. The highest BCUT2D eigenvalue weighted by Crippen LogP contribution is 2.34. The molecule has 1 aliphatic carbocycles. The summed E-state index contributed by atoms with van der Waals surface area (Å²) in [6.07, 6.45) is 10.7. The molecule has 1 saturated heterocycles. The number of hydrogen-bond donors (Lipinski definition) is 1. The van der Waals surface area contributed by atoms with Gasteiger partial charge >= 0.3 is 0 Å². The van der Waals surface area contributed by atoms with Crippen LogP contribution in [0, 0.1) is 12.8 Å². The molecular formula is C34H39BN6O2S. The number of hydrogen-bond acceptors (Lipinski definition) is 8. The lowest BCUT2D eigenvalue weighted by atomic mass is 9.89. The predicted octanol–water partition coefficient (Wildman–Crippen LogP) is 4.50. The smallest absolute Gasteiger partial charge is 0.213 e. The van der Waals surface area contributed by atoms with E-state index in [2.05, 4.69) is 49.9 Å². The maximum Gasteiger partial charge on any atom is 0.213 e. The molecule has 1 saturated carbocycles. The molecule has 5 heterocycles. The Balaban J connectivity index is 1.19. The summed E-state index contributed by atoms with van der Waals surface area (Å²) in [7, 11) is 8.06. The van der Waals surface area contributed by atoms with Crippen LogP contribution in [0.5, 0.6) is 5.88 Å². The quantitative estimate of drug-likeness (QED) is 0.265. The third-order valence-corrected chi connectivity index (χ3v) is 10.5. The topological polar surface area (TPSA) is 75.5 Å². The number of anilines is 2. The van der Waals surface area contributed by atoms with Gasteiger partial charge in [0.05, 0.1) is 24.5 Å². The second-order valence-electron chi connectivity index (χ2n) is 12.4. The van der Waals surface area contributed by atoms with Gasteiger partial charge in [-0.3, -0.25) is 9.69 Å². The maximum absolute atomic E-state index is 14.1. The largest absolute Gasteiger partial charge is 0.481 e. The van der Waals surface area contributed by atoms with Crippen molar-refractivity contribution in [2.75, 3.05) is 42.7 Å². The highest BCUT2D eigenvalue weighted by molar-refractivity contribution is 7.99. The van der Waals surface area contributed by atoms with Gasteiger partial charge < -0.3 is 19.5 Å². The van der Waals surface area contributed by atoms with E-state index in [-0.39, 0.29) is 11.5 Å². The minimum absolute atomic E-state index is 0.0789. The van der Waals surface area contributed by atoms with Crippen LogP contribution in [-0.4, -0.2) is 65.8 Å². The van der Waals surface area contributed by atoms with E-state index in [0.29, 0.717) is 24.4 Å². The van der Waals surface area contributed by atoms with E-state index in [1.807, 2.05) is 24.4 Å². The zero-order chi connectivity index (χ0) is 30.2. The summed E-state index contributed by atoms with van der Waals surface area (Å²) in [6.45, 7) is 7.04. The van der Waals surface area contributed by atoms with E-state index in [0.717, 1.165) is 94.7 Å². The Labute approximate surface area is 264 Å². The van der Waals surface area contributed by atoms with E-state index in [9.17, 15) is 4.79 Å². The van der Waals surface area contributed by atoms with Gasteiger partial charge in [-0.15, -0.1) is 11.8 Å². The molecule has 3 aliphatic rings. The number of pyridine rings is 3. The Morgan fingerprint density at radius 2 is 2.02 bits per heavy atom. The summed E-state index contributed by atoms with van der Waals surface area (Å²) in [5, 5.41) is 4.20. The maximum atomic E-state index is 14.1. The number of nitrogens with zero attached hydrogens (tertiary/aromatic N) is 5. The lowest BCUT2D eigenvalue weighted by molar-refractivity contribution is 0.158. The van der Waals surface area contributed by atoms with Crippen molar-refractivity contribution in [1.29, 1.82) is 0 Å². The zero-order valence-corrected chi connectivity index (χ0v) is 26.4. The van der Waals surface area contributed by atoms with E-state index in [4.69, 9.17) is 17.6 Å². The Morgan fingerprint density at radius 3 is 2.82 bits per heavy atom. The van der Waals surface area contributed by atoms with Crippen molar-refractivity contribution in [3.8, 4) is 5.88 Å². The number of thioether (sulfide) groups is 1. The minimum Gasteiger partial charge on any atom is -0.481 e. The zero-order valence-electron chi connectivity index (χ0n) is 25.6. The molecule has 1 atom stereocenters. The number of methoxy groups -OCH3 is 1. The van der Waals surface area contributed by atoms with Crippen molar-refractivity contribution in [2.45, 2.75) is 63.2 Å². The number of piperidine rings is 1. The lowest BCUT2D eigenvalue weighted by Gasteiger charge is -2.40. The van der Waals surface area contributed by atoms with Gasteiger partial charge in [-0.05, 0) is 67.9 Å². The SMILES string of the molecule is [B]c1cc2c(=O)c(CN(Cc3ccnc(OC)c3)C3CCCN(c4ccc(NCC5CC5)nc4)C3)cn3c2c(c1C)SCC3. The van der Waals surface area contributed by atoms with E-state index in [1.165, 1.54) is 12.8 Å². The molecule has 2 radical (unpaired) electrons. The molecule has 44 heavy (non-hydrogen) atoms. The normalized spacial score (nSPS) is 18.2. The molecule has 226 valence electrons. The molecule has 2 aliphatic heterocycles. The fourth-order valence-corrected chi connectivity index (χ4v) is 7.77. The molecule has 0 bridgehead atoms. The standard InChI is InChI=1S/C34H39BN6O2S/c1-22-29(35)15-28-32-34(22)44-13-12-40(32)19-25(33(28)42)20-41(18-24-9-10-36-31(14-24)43-2)27-4-3-11-39(21-27)26-7-8-30(38-17-26)37-16-23-5-6-23/h7-10,14-15,17,19,23,27H,3-6,11-13,16,18,20-21H2,1-2H3,(H,37,38). The Morgan fingerprint density at radius 1 is 1.14 bits per heavy atom. The summed E-state index contributed by atoms with van der Waals surface area (Å²) in [6, 6.07) is 10.5. The van der Waals surface area contributed by atoms with Crippen molar-refractivity contribution in [3.05, 3.63) is 75.8 Å². The number of nitrogens with one attached hydrogen (secondary N) is 1. The third kappa shape index (κ3) is 6.06. The molecule has 1 N–H and O–H groups in total. The molecule has 0 amide bonds. The van der Waals surface area contributed by atoms with Crippen LogP contribution in [0.2, 0.25) is 0 Å². The fourth-order valence-electron chi connectivity index (χ4n) is 6.58. The Bertz CT molecular complexity index is 1720. The summed E-state index contributed by atoms with van der Waals surface area (Å²) in [4.78, 5) is 29.1. The van der Waals surface area contributed by atoms with Gasteiger partial charge in [0, 0.05) is 85.4 Å². The first kappa shape index (κ1) is 29.2. The number of rotatable bonds is 10. The molecule has 7 rings (SSSR count). The van der Waals surface area contributed by atoms with E-state index < -0.39 is 0 Å². The van der Waals surface area contributed by atoms with Gasteiger partial charge in [0.1, 0.15) is 13.7 Å². The molecule has 8 nitrogen and oxygen atoms in total. The van der Waals surface area contributed by atoms with E-state index in [1.54, 1.807) is 25.1 Å². The van der Waals surface area contributed by atoms with Crippen LogP contribution >= 0.6 is 11.8 Å². The highest BCUT2D eigenvalue weighted by Gasteiger charge is 2.28. The predicted molar refractivity (Wildman–Crippen MR) is 180 cm³/mol. The molecule has 0 spiro atoms. The van der Waals surface area contributed by atoms with Crippen LogP contribution in [0.3, 0.4) is 0 Å². The molecule has 3 aromatic heterocycles. The first-order valence-electron chi connectivity index (χ1n) is 15.7. The van der Waals surface area contributed by atoms with Gasteiger partial charge in [0.15, 0.2) is 5.43 Å². The summed E-state index contributed by atoms with van der Waals surface area (Å²) < 4.78 is 7.71. The highest BCUT2D eigenvalue weighted by atomic mass is 32.2. The molecule has 1 aromatic carbocycles. The third-order valence-electron chi connectivity index (χ3n) is 9.32. The van der Waals surface area contributed by atoms with Gasteiger partial charge in [-0.25, -0.2) is 9.97 Å². The monoisotopic (exact) mass is 606 g/mol. The van der Waals surface area contributed by atoms with Crippen LogP contribution in [0.4, 0.5) is 11.5 Å².